The number of halogens is 1. The molecular formula is C22H21ClN2O3S2. The maximum atomic E-state index is 13.0. The number of nitrogens with zero attached hydrogens (tertiary/aromatic N) is 1. The minimum absolute atomic E-state index is 0.149. The predicted octanol–water partition coefficient (Wildman–Crippen LogP) is 4.71. The Labute approximate surface area is 185 Å². The number of amides is 1. The van der Waals surface area contributed by atoms with Crippen LogP contribution < -0.4 is 5.32 Å². The van der Waals surface area contributed by atoms with E-state index in [1.54, 1.807) is 41.7 Å². The molecule has 156 valence electrons. The van der Waals surface area contributed by atoms with Crippen molar-refractivity contribution in [3.05, 3.63) is 87.1 Å². The van der Waals surface area contributed by atoms with Crippen molar-refractivity contribution in [1.29, 1.82) is 0 Å². The molecule has 2 aromatic carbocycles. The lowest BCUT2D eigenvalue weighted by atomic mass is 10.0. The number of benzene rings is 2. The van der Waals surface area contributed by atoms with Gasteiger partial charge in [-0.05, 0) is 71.1 Å². The van der Waals surface area contributed by atoms with Crippen molar-refractivity contribution in [2.24, 2.45) is 0 Å². The summed E-state index contributed by atoms with van der Waals surface area (Å²) in [4.78, 5) is 13.2. The highest BCUT2D eigenvalue weighted by Gasteiger charge is 2.28. The summed E-state index contributed by atoms with van der Waals surface area (Å²) in [5.74, 6) is -0.334. The van der Waals surface area contributed by atoms with Crippen LogP contribution in [0.4, 0.5) is 0 Å². The van der Waals surface area contributed by atoms with Crippen molar-refractivity contribution in [2.75, 3.05) is 13.1 Å². The third-order valence-electron chi connectivity index (χ3n) is 5.15. The molecule has 2 heterocycles. The Morgan fingerprint density at radius 2 is 1.77 bits per heavy atom. The standard InChI is InChI=1S/C22H21ClN2O3S2/c23-19-8-6-16(7-9-19)21(18-10-13-29-15-18)24-22(26)17-4-3-5-20(14-17)30(27,28)25-11-1-2-12-25/h3-10,13-15,21H,1-2,11-12H2,(H,24,26). The Morgan fingerprint density at radius 3 is 2.43 bits per heavy atom. The topological polar surface area (TPSA) is 66.5 Å². The van der Waals surface area contributed by atoms with Gasteiger partial charge in [0.05, 0.1) is 10.9 Å². The van der Waals surface area contributed by atoms with E-state index in [1.165, 1.54) is 10.4 Å². The zero-order chi connectivity index (χ0) is 21.1. The highest BCUT2D eigenvalue weighted by Crippen LogP contribution is 2.27. The van der Waals surface area contributed by atoms with Gasteiger partial charge in [-0.25, -0.2) is 8.42 Å². The van der Waals surface area contributed by atoms with Crippen LogP contribution in [-0.2, 0) is 10.0 Å². The third-order valence-corrected chi connectivity index (χ3v) is 8.00. The Balaban J connectivity index is 1.61. The van der Waals surface area contributed by atoms with Gasteiger partial charge in [0.25, 0.3) is 5.91 Å². The van der Waals surface area contributed by atoms with E-state index in [1.807, 2.05) is 29.0 Å². The number of hydrogen-bond donors (Lipinski definition) is 1. The number of nitrogens with one attached hydrogen (secondary N) is 1. The normalized spacial score (nSPS) is 15.8. The second-order valence-corrected chi connectivity index (χ2v) is 10.3. The first-order valence-electron chi connectivity index (χ1n) is 9.64. The van der Waals surface area contributed by atoms with Gasteiger partial charge in [-0.1, -0.05) is 29.8 Å². The highest BCUT2D eigenvalue weighted by atomic mass is 35.5. The molecule has 1 fully saturated rings. The van der Waals surface area contributed by atoms with Crippen LogP contribution in [0, 0.1) is 0 Å². The van der Waals surface area contributed by atoms with Gasteiger partial charge < -0.3 is 5.32 Å². The van der Waals surface area contributed by atoms with Crippen LogP contribution in [0.1, 0.15) is 40.4 Å². The smallest absolute Gasteiger partial charge is 0.252 e. The summed E-state index contributed by atoms with van der Waals surface area (Å²) in [5, 5.41) is 7.59. The molecule has 1 amide bonds. The first-order chi connectivity index (χ1) is 14.4. The zero-order valence-electron chi connectivity index (χ0n) is 16.1. The van der Waals surface area contributed by atoms with Crippen LogP contribution in [0.15, 0.2) is 70.3 Å². The Hall–Kier alpha value is -2.19. The summed E-state index contributed by atoms with van der Waals surface area (Å²) in [6.45, 7) is 1.05. The minimum Gasteiger partial charge on any atom is -0.341 e. The molecule has 1 atom stereocenters. The van der Waals surface area contributed by atoms with E-state index in [9.17, 15) is 13.2 Å². The molecule has 1 N–H and O–H groups in total. The fraction of sp³-hybridized carbons (Fsp3) is 0.227. The number of thiophene rings is 1. The van der Waals surface area contributed by atoms with Crippen molar-refractivity contribution in [1.82, 2.24) is 9.62 Å². The maximum absolute atomic E-state index is 13.0. The minimum atomic E-state index is -3.58. The van der Waals surface area contributed by atoms with Gasteiger partial charge in [-0.3, -0.25) is 4.79 Å². The average molecular weight is 461 g/mol. The number of rotatable bonds is 6. The first kappa shape index (κ1) is 21.1. The van der Waals surface area contributed by atoms with Crippen molar-refractivity contribution in [3.8, 4) is 0 Å². The molecule has 1 unspecified atom stereocenters. The molecule has 3 aromatic rings. The van der Waals surface area contributed by atoms with E-state index in [2.05, 4.69) is 5.32 Å². The fourth-order valence-electron chi connectivity index (χ4n) is 3.54. The molecule has 8 heteroatoms. The van der Waals surface area contributed by atoms with E-state index in [4.69, 9.17) is 11.6 Å². The molecule has 1 aliphatic heterocycles. The molecule has 4 rings (SSSR count). The molecule has 5 nitrogen and oxygen atoms in total. The number of hydrogen-bond acceptors (Lipinski definition) is 4. The lowest BCUT2D eigenvalue weighted by Gasteiger charge is -2.19. The van der Waals surface area contributed by atoms with Gasteiger partial charge in [-0.15, -0.1) is 0 Å². The van der Waals surface area contributed by atoms with Crippen LogP contribution in [-0.4, -0.2) is 31.7 Å². The number of carbonyl (C=O) groups excluding carboxylic acids is 1. The Morgan fingerprint density at radius 1 is 1.03 bits per heavy atom. The van der Waals surface area contributed by atoms with E-state index >= 15 is 0 Å². The van der Waals surface area contributed by atoms with Crippen LogP contribution in [0.2, 0.25) is 5.02 Å². The third kappa shape index (κ3) is 4.44. The zero-order valence-corrected chi connectivity index (χ0v) is 18.5. The van der Waals surface area contributed by atoms with Crippen molar-refractivity contribution in [2.45, 2.75) is 23.8 Å². The van der Waals surface area contributed by atoms with Crippen molar-refractivity contribution in [3.63, 3.8) is 0 Å². The van der Waals surface area contributed by atoms with Gasteiger partial charge in [0.2, 0.25) is 10.0 Å². The summed E-state index contributed by atoms with van der Waals surface area (Å²) in [6.07, 6.45) is 1.73. The van der Waals surface area contributed by atoms with Crippen LogP contribution in [0.5, 0.6) is 0 Å². The SMILES string of the molecule is O=C(NC(c1ccc(Cl)cc1)c1ccsc1)c1cccc(S(=O)(=O)N2CCCC2)c1. The second kappa shape index (κ2) is 8.89. The molecule has 0 radical (unpaired) electrons. The summed E-state index contributed by atoms with van der Waals surface area (Å²) in [6, 6.07) is 15.1. The van der Waals surface area contributed by atoms with Crippen LogP contribution in [0.25, 0.3) is 0 Å². The van der Waals surface area contributed by atoms with Crippen molar-refractivity contribution < 1.29 is 13.2 Å². The summed E-state index contributed by atoms with van der Waals surface area (Å²) in [7, 11) is -3.58. The molecule has 0 spiro atoms. The second-order valence-electron chi connectivity index (χ2n) is 7.15. The quantitative estimate of drug-likeness (QED) is 0.579. The first-order valence-corrected chi connectivity index (χ1v) is 12.4. The van der Waals surface area contributed by atoms with E-state index in [-0.39, 0.29) is 16.8 Å². The lowest BCUT2D eigenvalue weighted by molar-refractivity contribution is 0.0943. The molecular weight excluding hydrogens is 440 g/mol. The summed E-state index contributed by atoms with van der Waals surface area (Å²) >= 11 is 7.56. The van der Waals surface area contributed by atoms with Crippen molar-refractivity contribution >= 4 is 38.9 Å². The van der Waals surface area contributed by atoms with E-state index < -0.39 is 10.0 Å². The molecule has 1 aromatic heterocycles. The molecule has 0 bridgehead atoms. The van der Waals surface area contributed by atoms with Gasteiger partial charge in [0.15, 0.2) is 0 Å². The van der Waals surface area contributed by atoms with E-state index in [0.717, 1.165) is 24.0 Å². The Kier molecular flexibility index (Phi) is 6.24. The molecule has 0 saturated carbocycles. The molecule has 1 saturated heterocycles. The molecule has 30 heavy (non-hydrogen) atoms. The van der Waals surface area contributed by atoms with Gasteiger partial charge in [0.1, 0.15) is 0 Å². The molecule has 0 aliphatic carbocycles. The largest absolute Gasteiger partial charge is 0.341 e. The summed E-state index contributed by atoms with van der Waals surface area (Å²) < 4.78 is 27.2. The fourth-order valence-corrected chi connectivity index (χ4v) is 5.92. The van der Waals surface area contributed by atoms with E-state index in [0.29, 0.717) is 23.7 Å². The Bertz CT molecular complexity index is 1120. The maximum Gasteiger partial charge on any atom is 0.252 e. The average Bonchev–Trinajstić information content (AvgIpc) is 3.47. The lowest BCUT2D eigenvalue weighted by Crippen LogP contribution is -2.30. The highest BCUT2D eigenvalue weighted by molar-refractivity contribution is 7.89. The van der Waals surface area contributed by atoms with Gasteiger partial charge >= 0.3 is 0 Å². The van der Waals surface area contributed by atoms with Crippen LogP contribution >= 0.6 is 22.9 Å². The number of sulfonamides is 1. The van der Waals surface area contributed by atoms with Gasteiger partial charge in [-0.2, -0.15) is 15.6 Å². The monoisotopic (exact) mass is 460 g/mol. The van der Waals surface area contributed by atoms with Crippen LogP contribution in [0.3, 0.4) is 0 Å². The summed E-state index contributed by atoms with van der Waals surface area (Å²) in [5.41, 5.74) is 2.16. The predicted molar refractivity (Wildman–Crippen MR) is 120 cm³/mol. The molecule has 1 aliphatic rings. The number of carbonyl (C=O) groups is 1. The van der Waals surface area contributed by atoms with Gasteiger partial charge in [0, 0.05) is 23.7 Å².